The SMILES string of the molecule is O=C1CC=C(c2ccc(C(F)(F)F)cc2)N(C[C@H](O)CF)N1c1cccnc1. The van der Waals surface area contributed by atoms with E-state index in [1.165, 1.54) is 34.5 Å². The molecule has 1 aromatic carbocycles. The number of rotatable bonds is 5. The summed E-state index contributed by atoms with van der Waals surface area (Å²) in [4.78, 5) is 16.5. The van der Waals surface area contributed by atoms with Crippen LogP contribution in [0, 0.1) is 0 Å². The summed E-state index contributed by atoms with van der Waals surface area (Å²) in [6, 6.07) is 7.66. The summed E-state index contributed by atoms with van der Waals surface area (Å²) in [6.45, 7) is -1.30. The van der Waals surface area contributed by atoms with Gasteiger partial charge in [-0.15, -0.1) is 0 Å². The molecule has 148 valence electrons. The second-order valence-corrected chi connectivity index (χ2v) is 6.18. The molecule has 0 saturated heterocycles. The zero-order chi connectivity index (χ0) is 20.3. The smallest absolute Gasteiger partial charge is 0.388 e. The zero-order valence-electron chi connectivity index (χ0n) is 14.6. The molecule has 1 amide bonds. The van der Waals surface area contributed by atoms with Gasteiger partial charge in [0.2, 0.25) is 5.91 Å². The molecule has 9 heteroatoms. The van der Waals surface area contributed by atoms with E-state index in [9.17, 15) is 27.5 Å². The number of amides is 1. The van der Waals surface area contributed by atoms with Gasteiger partial charge in [-0.2, -0.15) is 13.2 Å². The first-order valence-electron chi connectivity index (χ1n) is 8.43. The minimum Gasteiger partial charge on any atom is -0.388 e. The molecule has 0 bridgehead atoms. The second-order valence-electron chi connectivity index (χ2n) is 6.18. The maximum absolute atomic E-state index is 12.9. The van der Waals surface area contributed by atoms with Crippen LogP contribution in [0.25, 0.3) is 5.70 Å². The fourth-order valence-corrected chi connectivity index (χ4v) is 2.91. The lowest BCUT2D eigenvalue weighted by Crippen LogP contribution is -2.51. The highest BCUT2D eigenvalue weighted by Crippen LogP contribution is 2.33. The first-order chi connectivity index (χ1) is 13.3. The molecule has 0 aliphatic carbocycles. The third kappa shape index (κ3) is 4.14. The molecule has 5 nitrogen and oxygen atoms in total. The van der Waals surface area contributed by atoms with Crippen LogP contribution in [0.4, 0.5) is 23.2 Å². The van der Waals surface area contributed by atoms with Crippen LogP contribution in [0.1, 0.15) is 17.5 Å². The van der Waals surface area contributed by atoms with Gasteiger partial charge in [-0.05, 0) is 35.9 Å². The van der Waals surface area contributed by atoms with Crippen LogP contribution < -0.4 is 5.01 Å². The van der Waals surface area contributed by atoms with Gasteiger partial charge in [0.1, 0.15) is 12.8 Å². The van der Waals surface area contributed by atoms with E-state index in [0.717, 1.165) is 12.1 Å². The summed E-state index contributed by atoms with van der Waals surface area (Å²) in [7, 11) is 0. The number of β-amino-alcohol motifs (C(OH)–C–C–N with tert-alkyl or cyclic N) is 1. The van der Waals surface area contributed by atoms with Gasteiger partial charge in [-0.25, -0.2) is 9.40 Å². The van der Waals surface area contributed by atoms with E-state index in [1.54, 1.807) is 18.2 Å². The second kappa shape index (κ2) is 7.97. The number of halogens is 4. The van der Waals surface area contributed by atoms with Crippen molar-refractivity contribution in [3.05, 3.63) is 66.0 Å². The third-order valence-electron chi connectivity index (χ3n) is 4.19. The van der Waals surface area contributed by atoms with Crippen LogP contribution in [0.3, 0.4) is 0 Å². The number of alkyl halides is 4. The van der Waals surface area contributed by atoms with Crippen LogP contribution in [0.15, 0.2) is 54.9 Å². The highest BCUT2D eigenvalue weighted by Gasteiger charge is 2.33. The Labute approximate surface area is 158 Å². The minimum atomic E-state index is -4.47. The molecular weight excluding hydrogens is 378 g/mol. The average Bonchev–Trinajstić information content (AvgIpc) is 2.68. The van der Waals surface area contributed by atoms with E-state index < -0.39 is 24.5 Å². The van der Waals surface area contributed by atoms with Crippen molar-refractivity contribution < 1.29 is 27.5 Å². The van der Waals surface area contributed by atoms with Gasteiger partial charge < -0.3 is 5.11 Å². The van der Waals surface area contributed by atoms with Crippen molar-refractivity contribution in [3.63, 3.8) is 0 Å². The van der Waals surface area contributed by atoms with Crippen LogP contribution in [0.2, 0.25) is 0 Å². The molecule has 28 heavy (non-hydrogen) atoms. The van der Waals surface area contributed by atoms with Crippen molar-refractivity contribution in [3.8, 4) is 0 Å². The van der Waals surface area contributed by atoms with Gasteiger partial charge in [0.25, 0.3) is 0 Å². The number of aliphatic hydroxyl groups is 1. The fraction of sp³-hybridized carbons (Fsp3) is 0.263. The number of hydrazine groups is 1. The molecule has 0 saturated carbocycles. The summed E-state index contributed by atoms with van der Waals surface area (Å²) < 4.78 is 51.4. The number of nitrogens with zero attached hydrogens (tertiary/aromatic N) is 3. The molecule has 1 atom stereocenters. The number of aliphatic hydroxyl groups excluding tert-OH is 1. The van der Waals surface area contributed by atoms with Crippen LogP contribution in [-0.4, -0.2) is 40.3 Å². The Morgan fingerprint density at radius 3 is 2.46 bits per heavy atom. The van der Waals surface area contributed by atoms with Gasteiger partial charge in [0, 0.05) is 12.6 Å². The summed E-state index contributed by atoms with van der Waals surface area (Å²) in [5.74, 6) is -0.338. The summed E-state index contributed by atoms with van der Waals surface area (Å²) in [6.07, 6.45) is -1.37. The molecule has 3 rings (SSSR count). The number of benzene rings is 1. The van der Waals surface area contributed by atoms with Crippen molar-refractivity contribution in [1.82, 2.24) is 9.99 Å². The summed E-state index contributed by atoms with van der Waals surface area (Å²) >= 11 is 0. The minimum absolute atomic E-state index is 0.00648. The number of carbonyl (C=O) groups is 1. The van der Waals surface area contributed by atoms with Crippen molar-refractivity contribution >= 4 is 17.3 Å². The molecule has 1 aliphatic rings. The number of aromatic nitrogens is 1. The Hall–Kier alpha value is -2.94. The highest BCUT2D eigenvalue weighted by atomic mass is 19.4. The van der Waals surface area contributed by atoms with E-state index in [4.69, 9.17) is 0 Å². The lowest BCUT2D eigenvalue weighted by atomic mass is 10.1. The summed E-state index contributed by atoms with van der Waals surface area (Å²) in [5.41, 5.74) is 0.393. The first kappa shape index (κ1) is 19.8. The first-order valence-corrected chi connectivity index (χ1v) is 8.43. The molecule has 0 spiro atoms. The standard InChI is InChI=1S/C19H17F4N3O2/c20-10-16(27)12-25-17(13-3-5-14(6-4-13)19(21,22)23)7-8-18(28)26(25)15-2-1-9-24-11-15/h1-7,9,11,16,27H,8,10,12H2/t16-/m1/s1. The molecule has 0 unspecified atom stereocenters. The lowest BCUT2D eigenvalue weighted by Gasteiger charge is -2.41. The van der Waals surface area contributed by atoms with Crippen molar-refractivity contribution in [2.75, 3.05) is 18.2 Å². The van der Waals surface area contributed by atoms with E-state index in [-0.39, 0.29) is 18.9 Å². The molecule has 0 fully saturated rings. The Morgan fingerprint density at radius 1 is 1.18 bits per heavy atom. The predicted octanol–water partition coefficient (Wildman–Crippen LogP) is 3.43. The quantitative estimate of drug-likeness (QED) is 0.789. The number of pyridine rings is 1. The van der Waals surface area contributed by atoms with Crippen molar-refractivity contribution in [2.24, 2.45) is 0 Å². The van der Waals surface area contributed by atoms with Gasteiger partial charge >= 0.3 is 6.18 Å². The normalized spacial score (nSPS) is 16.2. The van der Waals surface area contributed by atoms with Crippen molar-refractivity contribution in [2.45, 2.75) is 18.7 Å². The van der Waals surface area contributed by atoms with Gasteiger partial charge in [-0.3, -0.25) is 14.8 Å². The van der Waals surface area contributed by atoms with E-state index >= 15 is 0 Å². The molecule has 1 N–H and O–H groups in total. The van der Waals surface area contributed by atoms with Crippen LogP contribution in [-0.2, 0) is 11.0 Å². The molecule has 0 radical (unpaired) electrons. The van der Waals surface area contributed by atoms with Crippen LogP contribution >= 0.6 is 0 Å². The maximum Gasteiger partial charge on any atom is 0.416 e. The van der Waals surface area contributed by atoms with Crippen molar-refractivity contribution in [1.29, 1.82) is 0 Å². The number of hydrogen-bond donors (Lipinski definition) is 1. The monoisotopic (exact) mass is 395 g/mol. The molecule has 1 aliphatic heterocycles. The topological polar surface area (TPSA) is 56.7 Å². The Morgan fingerprint density at radius 2 is 1.89 bits per heavy atom. The molecule has 1 aromatic heterocycles. The Kier molecular flexibility index (Phi) is 5.64. The number of carbonyl (C=O) groups excluding carboxylic acids is 1. The van der Waals surface area contributed by atoms with E-state index in [2.05, 4.69) is 4.98 Å². The van der Waals surface area contributed by atoms with Gasteiger partial charge in [-0.1, -0.05) is 12.1 Å². The highest BCUT2D eigenvalue weighted by molar-refractivity contribution is 5.97. The van der Waals surface area contributed by atoms with Gasteiger partial charge in [0.15, 0.2) is 0 Å². The zero-order valence-corrected chi connectivity index (χ0v) is 14.6. The fourth-order valence-electron chi connectivity index (χ4n) is 2.91. The van der Waals surface area contributed by atoms with Crippen LogP contribution in [0.5, 0.6) is 0 Å². The van der Waals surface area contributed by atoms with E-state index in [1.807, 2.05) is 0 Å². The van der Waals surface area contributed by atoms with E-state index in [0.29, 0.717) is 16.9 Å². The Bertz CT molecular complexity index is 854. The molecular formula is C19H17F4N3O2. The summed E-state index contributed by atoms with van der Waals surface area (Å²) in [5, 5.41) is 12.4. The van der Waals surface area contributed by atoms with Gasteiger partial charge in [0.05, 0.1) is 29.7 Å². The third-order valence-corrected chi connectivity index (χ3v) is 4.19. The average molecular weight is 395 g/mol. The Balaban J connectivity index is 2.01. The number of anilines is 1. The number of hydrogen-bond acceptors (Lipinski definition) is 4. The maximum atomic E-state index is 12.9. The molecule has 2 heterocycles. The largest absolute Gasteiger partial charge is 0.416 e. The lowest BCUT2D eigenvalue weighted by molar-refractivity contribution is -0.137. The molecule has 2 aromatic rings. The predicted molar refractivity (Wildman–Crippen MR) is 94.4 cm³/mol.